The average Bonchev–Trinajstić information content (AvgIpc) is 2.70. The summed E-state index contributed by atoms with van der Waals surface area (Å²) in [6.07, 6.45) is 4.96. The second-order valence-corrected chi connectivity index (χ2v) is 8.83. The maximum atomic E-state index is 12.2. The van der Waals surface area contributed by atoms with Crippen molar-refractivity contribution in [2.75, 3.05) is 24.7 Å². The van der Waals surface area contributed by atoms with E-state index in [1.807, 2.05) is 31.2 Å². The molecule has 1 saturated carbocycles. The summed E-state index contributed by atoms with van der Waals surface area (Å²) in [6, 6.07) is 8.11. The summed E-state index contributed by atoms with van der Waals surface area (Å²) in [4.78, 5) is 16.4. The van der Waals surface area contributed by atoms with Crippen molar-refractivity contribution in [3.05, 3.63) is 29.8 Å². The highest BCUT2D eigenvalue weighted by Crippen LogP contribution is 2.22. The Labute approximate surface area is 188 Å². The average molecular weight is 520 g/mol. The summed E-state index contributed by atoms with van der Waals surface area (Å²) in [5.41, 5.74) is 2.00. The third-order valence-electron chi connectivity index (χ3n) is 4.88. The number of aryl methyl sites for hydroxylation is 1. The minimum absolute atomic E-state index is 0. The van der Waals surface area contributed by atoms with E-state index >= 15 is 0 Å². The first-order valence-electron chi connectivity index (χ1n) is 9.78. The van der Waals surface area contributed by atoms with Crippen LogP contribution in [0.1, 0.15) is 45.1 Å². The zero-order chi connectivity index (χ0) is 19.6. The van der Waals surface area contributed by atoms with E-state index in [0.717, 1.165) is 37.8 Å². The van der Waals surface area contributed by atoms with Crippen molar-refractivity contribution < 1.29 is 9.00 Å². The summed E-state index contributed by atoms with van der Waals surface area (Å²) in [7, 11) is 0.945. The second kappa shape index (κ2) is 13.1. The number of nitrogens with zero attached hydrogens (tertiary/aromatic N) is 1. The fraction of sp³-hybridized carbons (Fsp3) is 0.600. The lowest BCUT2D eigenvalue weighted by Crippen LogP contribution is -2.48. The molecule has 0 bridgehead atoms. The molecule has 2 rings (SSSR count). The maximum absolute atomic E-state index is 12.2. The lowest BCUT2D eigenvalue weighted by Gasteiger charge is -2.30. The van der Waals surface area contributed by atoms with Gasteiger partial charge in [-0.05, 0) is 43.4 Å². The van der Waals surface area contributed by atoms with Crippen LogP contribution < -0.4 is 16.0 Å². The number of guanidine groups is 1. The van der Waals surface area contributed by atoms with Gasteiger partial charge in [0.1, 0.15) is 0 Å². The van der Waals surface area contributed by atoms with Gasteiger partial charge in [0, 0.05) is 40.6 Å². The molecule has 3 atom stereocenters. The lowest BCUT2D eigenvalue weighted by molar-refractivity contribution is -0.115. The molecule has 3 N–H and O–H groups in total. The second-order valence-electron chi connectivity index (χ2n) is 6.83. The first kappa shape index (κ1) is 24.9. The zero-order valence-electron chi connectivity index (χ0n) is 17.0. The minimum Gasteiger partial charge on any atom is -0.354 e. The van der Waals surface area contributed by atoms with E-state index in [4.69, 9.17) is 0 Å². The number of halogens is 1. The van der Waals surface area contributed by atoms with Crippen LogP contribution in [0.3, 0.4) is 0 Å². The summed E-state index contributed by atoms with van der Waals surface area (Å²) >= 11 is 0. The molecule has 0 aliphatic heterocycles. The van der Waals surface area contributed by atoms with Crippen LogP contribution in [0.15, 0.2) is 29.3 Å². The highest BCUT2D eigenvalue weighted by molar-refractivity contribution is 14.0. The SMILES string of the molecule is CCc1cccc(NC(=O)CNC(=NC)NC2CCCC(S(=O)CC)C2)c1.I. The summed E-state index contributed by atoms with van der Waals surface area (Å²) in [5, 5.41) is 9.61. The van der Waals surface area contributed by atoms with Crippen molar-refractivity contribution in [3.63, 3.8) is 0 Å². The number of amides is 1. The van der Waals surface area contributed by atoms with E-state index < -0.39 is 10.8 Å². The Bertz CT molecular complexity index is 684. The number of rotatable bonds is 7. The number of carbonyl (C=O) groups is 1. The molecular formula is C20H33IN4O2S. The van der Waals surface area contributed by atoms with Gasteiger partial charge in [0.15, 0.2) is 5.96 Å². The fourth-order valence-corrected chi connectivity index (χ4v) is 4.72. The molecule has 1 aliphatic rings. The topological polar surface area (TPSA) is 82.6 Å². The molecule has 0 radical (unpaired) electrons. The molecule has 6 nitrogen and oxygen atoms in total. The van der Waals surface area contributed by atoms with Gasteiger partial charge in [-0.3, -0.25) is 14.0 Å². The summed E-state index contributed by atoms with van der Waals surface area (Å²) in [6.45, 7) is 4.21. The van der Waals surface area contributed by atoms with E-state index in [2.05, 4.69) is 27.9 Å². The Morgan fingerprint density at radius 2 is 2.07 bits per heavy atom. The quantitative estimate of drug-likeness (QED) is 0.293. The molecule has 3 unspecified atom stereocenters. The van der Waals surface area contributed by atoms with Crippen LogP contribution in [0, 0.1) is 0 Å². The number of hydrogen-bond donors (Lipinski definition) is 3. The number of benzene rings is 1. The van der Waals surface area contributed by atoms with Gasteiger partial charge in [-0.1, -0.05) is 32.4 Å². The molecule has 158 valence electrons. The van der Waals surface area contributed by atoms with Crippen molar-refractivity contribution in [2.45, 2.75) is 57.2 Å². The van der Waals surface area contributed by atoms with Gasteiger partial charge in [-0.15, -0.1) is 24.0 Å². The van der Waals surface area contributed by atoms with Gasteiger partial charge < -0.3 is 16.0 Å². The van der Waals surface area contributed by atoms with Crippen molar-refractivity contribution in [1.29, 1.82) is 0 Å². The van der Waals surface area contributed by atoms with Gasteiger partial charge in [0.25, 0.3) is 0 Å². The molecule has 8 heteroatoms. The number of nitrogens with one attached hydrogen (secondary N) is 3. The van der Waals surface area contributed by atoms with Gasteiger partial charge in [-0.25, -0.2) is 0 Å². The van der Waals surface area contributed by atoms with Crippen molar-refractivity contribution in [2.24, 2.45) is 4.99 Å². The summed E-state index contributed by atoms with van der Waals surface area (Å²) in [5.74, 6) is 1.21. The first-order chi connectivity index (χ1) is 13.0. The van der Waals surface area contributed by atoms with E-state index in [1.54, 1.807) is 7.05 Å². The molecule has 1 fully saturated rings. The predicted molar refractivity (Wildman–Crippen MR) is 129 cm³/mol. The number of carbonyl (C=O) groups excluding carboxylic acids is 1. The third-order valence-corrected chi connectivity index (χ3v) is 6.62. The highest BCUT2D eigenvalue weighted by Gasteiger charge is 2.26. The van der Waals surface area contributed by atoms with Crippen molar-refractivity contribution in [3.8, 4) is 0 Å². The zero-order valence-corrected chi connectivity index (χ0v) is 20.1. The van der Waals surface area contributed by atoms with E-state index in [-0.39, 0.29) is 47.7 Å². The number of anilines is 1. The van der Waals surface area contributed by atoms with Gasteiger partial charge >= 0.3 is 0 Å². The Kier molecular flexibility index (Phi) is 11.7. The molecule has 0 spiro atoms. The Morgan fingerprint density at radius 1 is 1.29 bits per heavy atom. The number of hydrogen-bond acceptors (Lipinski definition) is 3. The molecule has 1 amide bonds. The van der Waals surface area contributed by atoms with Crippen LogP contribution in [0.25, 0.3) is 0 Å². The van der Waals surface area contributed by atoms with Crippen LogP contribution in [-0.4, -0.2) is 46.7 Å². The van der Waals surface area contributed by atoms with E-state index in [1.165, 1.54) is 5.56 Å². The van der Waals surface area contributed by atoms with Crippen LogP contribution in [0.2, 0.25) is 0 Å². The third kappa shape index (κ3) is 8.06. The van der Waals surface area contributed by atoms with E-state index in [9.17, 15) is 9.00 Å². The van der Waals surface area contributed by atoms with Crippen LogP contribution in [-0.2, 0) is 22.0 Å². The molecule has 0 aromatic heterocycles. The molecule has 0 saturated heterocycles. The smallest absolute Gasteiger partial charge is 0.243 e. The van der Waals surface area contributed by atoms with Crippen molar-refractivity contribution in [1.82, 2.24) is 10.6 Å². The Morgan fingerprint density at radius 3 is 2.75 bits per heavy atom. The predicted octanol–water partition coefficient (Wildman–Crippen LogP) is 3.05. The lowest BCUT2D eigenvalue weighted by atomic mass is 9.95. The molecule has 1 aromatic rings. The molecule has 1 aliphatic carbocycles. The Balaban J connectivity index is 0.00000392. The monoisotopic (exact) mass is 520 g/mol. The maximum Gasteiger partial charge on any atom is 0.243 e. The van der Waals surface area contributed by atoms with Crippen LogP contribution in [0.4, 0.5) is 5.69 Å². The Hall–Kier alpha value is -1.16. The molecule has 1 aromatic carbocycles. The van der Waals surface area contributed by atoms with Gasteiger partial charge in [-0.2, -0.15) is 0 Å². The molecule has 0 heterocycles. The van der Waals surface area contributed by atoms with Crippen molar-refractivity contribution >= 4 is 52.3 Å². The highest BCUT2D eigenvalue weighted by atomic mass is 127. The van der Waals surface area contributed by atoms with Crippen LogP contribution >= 0.6 is 24.0 Å². The minimum atomic E-state index is -0.752. The van der Waals surface area contributed by atoms with Gasteiger partial charge in [0.05, 0.1) is 6.54 Å². The summed E-state index contributed by atoms with van der Waals surface area (Å²) < 4.78 is 12.1. The normalized spacial score (nSPS) is 20.6. The van der Waals surface area contributed by atoms with Gasteiger partial charge in [0.2, 0.25) is 5.91 Å². The van der Waals surface area contributed by atoms with E-state index in [0.29, 0.717) is 11.7 Å². The first-order valence-corrected chi connectivity index (χ1v) is 11.2. The number of aliphatic imine (C=N–C) groups is 1. The van der Waals surface area contributed by atoms with Crippen LogP contribution in [0.5, 0.6) is 0 Å². The fourth-order valence-electron chi connectivity index (χ4n) is 3.38. The largest absolute Gasteiger partial charge is 0.354 e. The molecular weight excluding hydrogens is 487 g/mol. The molecule has 28 heavy (non-hydrogen) atoms. The standard InChI is InChI=1S/C20H32N4O2S.HI/c1-4-15-8-6-9-16(12-15)23-19(25)14-22-20(21-3)24-17-10-7-11-18(13-17)27(26)5-2;/h6,8-9,12,17-18H,4-5,7,10-11,13-14H2,1-3H3,(H,23,25)(H2,21,22,24);1H.